The van der Waals surface area contributed by atoms with Crippen molar-refractivity contribution in [3.63, 3.8) is 0 Å². The van der Waals surface area contributed by atoms with Gasteiger partial charge in [-0.25, -0.2) is 4.98 Å². The first-order valence-electron chi connectivity index (χ1n) is 10.0. The van der Waals surface area contributed by atoms with Crippen LogP contribution in [-0.2, 0) is 17.8 Å². The molecule has 6 nitrogen and oxygen atoms in total. The quantitative estimate of drug-likeness (QED) is 0.671. The first-order chi connectivity index (χ1) is 14.1. The molecule has 4 rings (SSSR count). The highest BCUT2D eigenvalue weighted by molar-refractivity contribution is 5.80. The van der Waals surface area contributed by atoms with Crippen molar-refractivity contribution in [2.24, 2.45) is 5.92 Å². The smallest absolute Gasteiger partial charge is 0.258 e. The number of carbonyl (C=O) groups excluding carboxylic acids is 1. The van der Waals surface area contributed by atoms with E-state index in [0.29, 0.717) is 29.8 Å². The van der Waals surface area contributed by atoms with E-state index >= 15 is 0 Å². The number of benzene rings is 2. The van der Waals surface area contributed by atoms with E-state index in [-0.39, 0.29) is 17.4 Å². The van der Waals surface area contributed by atoms with Crippen LogP contribution in [0, 0.1) is 5.92 Å². The van der Waals surface area contributed by atoms with Crippen LogP contribution in [0.15, 0.2) is 53.3 Å². The largest absolute Gasteiger partial charge is 0.497 e. The number of nitrogens with zero attached hydrogens (tertiary/aromatic N) is 2. The summed E-state index contributed by atoms with van der Waals surface area (Å²) in [5.74, 6) is 1.59. The van der Waals surface area contributed by atoms with E-state index in [4.69, 9.17) is 4.74 Å². The standard InChI is InChI=1S/C23H25N3O3/c1-29-18-11-9-16(10-12-18)13-14-26(23(28)17-5-4-6-17)15-21-24-20-8-3-2-7-19(20)22(27)25-21/h2-3,7-12,17H,4-6,13-15H2,1H3,(H,24,25,27). The highest BCUT2D eigenvalue weighted by Gasteiger charge is 2.29. The third kappa shape index (κ3) is 4.31. The SMILES string of the molecule is COc1ccc(CCN(Cc2nc3ccccc3c(=O)[nH]2)C(=O)C2CCC2)cc1. The molecule has 0 aliphatic heterocycles. The lowest BCUT2D eigenvalue weighted by molar-refractivity contribution is -0.138. The molecular formula is C23H25N3O3. The monoisotopic (exact) mass is 391 g/mol. The minimum Gasteiger partial charge on any atom is -0.497 e. The number of hydrogen-bond donors (Lipinski definition) is 1. The average Bonchev–Trinajstić information content (AvgIpc) is 2.70. The number of ether oxygens (including phenoxy) is 1. The van der Waals surface area contributed by atoms with Crippen molar-refractivity contribution >= 4 is 16.8 Å². The highest BCUT2D eigenvalue weighted by Crippen LogP contribution is 2.28. The minimum absolute atomic E-state index is 0.0954. The average molecular weight is 391 g/mol. The Balaban J connectivity index is 1.53. The number of hydrogen-bond acceptors (Lipinski definition) is 4. The van der Waals surface area contributed by atoms with Gasteiger partial charge in [-0.3, -0.25) is 9.59 Å². The van der Waals surface area contributed by atoms with Crippen LogP contribution in [0.1, 0.15) is 30.7 Å². The van der Waals surface area contributed by atoms with Gasteiger partial charge in [0.2, 0.25) is 5.91 Å². The Morgan fingerprint density at radius 3 is 2.62 bits per heavy atom. The number of aromatic amines is 1. The normalized spacial score (nSPS) is 13.8. The fourth-order valence-electron chi connectivity index (χ4n) is 3.63. The number of fused-ring (bicyclic) bond motifs is 1. The Hall–Kier alpha value is -3.15. The Morgan fingerprint density at radius 2 is 1.93 bits per heavy atom. The summed E-state index contributed by atoms with van der Waals surface area (Å²) in [5, 5.41) is 0.561. The van der Waals surface area contributed by atoms with Gasteiger partial charge in [-0.15, -0.1) is 0 Å². The van der Waals surface area contributed by atoms with Gasteiger partial charge in [0.25, 0.3) is 5.56 Å². The molecule has 29 heavy (non-hydrogen) atoms. The van der Waals surface area contributed by atoms with Crippen LogP contribution in [0.5, 0.6) is 5.75 Å². The minimum atomic E-state index is -0.170. The van der Waals surface area contributed by atoms with E-state index in [2.05, 4.69) is 9.97 Å². The molecule has 1 saturated carbocycles. The van der Waals surface area contributed by atoms with Crippen LogP contribution in [0.4, 0.5) is 0 Å². The predicted molar refractivity (Wildman–Crippen MR) is 112 cm³/mol. The van der Waals surface area contributed by atoms with Crippen LogP contribution in [-0.4, -0.2) is 34.4 Å². The Labute approximate surface area is 169 Å². The van der Waals surface area contributed by atoms with E-state index < -0.39 is 0 Å². The summed E-state index contributed by atoms with van der Waals surface area (Å²) in [6.45, 7) is 0.893. The zero-order chi connectivity index (χ0) is 20.2. The summed E-state index contributed by atoms with van der Waals surface area (Å²) < 4.78 is 5.21. The molecule has 1 aliphatic rings. The van der Waals surface area contributed by atoms with Crippen LogP contribution < -0.4 is 10.3 Å². The number of aromatic nitrogens is 2. The van der Waals surface area contributed by atoms with E-state index in [1.54, 1.807) is 13.2 Å². The molecule has 1 amide bonds. The van der Waals surface area contributed by atoms with Crippen molar-refractivity contribution in [2.75, 3.05) is 13.7 Å². The summed E-state index contributed by atoms with van der Waals surface area (Å²) in [6.07, 6.45) is 3.73. The molecule has 0 saturated heterocycles. The number of para-hydroxylation sites is 1. The van der Waals surface area contributed by atoms with Gasteiger partial charge in [-0.05, 0) is 49.1 Å². The van der Waals surface area contributed by atoms with Gasteiger partial charge in [-0.1, -0.05) is 30.7 Å². The van der Waals surface area contributed by atoms with Gasteiger partial charge in [-0.2, -0.15) is 0 Å². The van der Waals surface area contributed by atoms with Crippen molar-refractivity contribution in [1.82, 2.24) is 14.9 Å². The Bertz CT molecular complexity index is 1050. The zero-order valence-electron chi connectivity index (χ0n) is 16.6. The van der Waals surface area contributed by atoms with E-state index in [1.807, 2.05) is 47.4 Å². The van der Waals surface area contributed by atoms with Crippen molar-refractivity contribution in [3.05, 3.63) is 70.3 Å². The summed E-state index contributed by atoms with van der Waals surface area (Å²) in [4.78, 5) is 34.6. The molecule has 0 unspecified atom stereocenters. The molecule has 1 N–H and O–H groups in total. The van der Waals surface area contributed by atoms with Crippen molar-refractivity contribution < 1.29 is 9.53 Å². The van der Waals surface area contributed by atoms with Gasteiger partial charge in [0.15, 0.2) is 0 Å². The number of H-pyrrole nitrogens is 1. The third-order valence-corrected chi connectivity index (χ3v) is 5.60. The van der Waals surface area contributed by atoms with Crippen molar-refractivity contribution in [3.8, 4) is 5.75 Å². The lowest BCUT2D eigenvalue weighted by atomic mass is 9.84. The summed E-state index contributed by atoms with van der Waals surface area (Å²) in [7, 11) is 1.64. The van der Waals surface area contributed by atoms with Crippen LogP contribution in [0.25, 0.3) is 10.9 Å². The maximum Gasteiger partial charge on any atom is 0.258 e. The maximum absolute atomic E-state index is 13.0. The number of rotatable bonds is 7. The van der Waals surface area contributed by atoms with Crippen LogP contribution >= 0.6 is 0 Å². The van der Waals surface area contributed by atoms with Crippen LogP contribution in [0.2, 0.25) is 0 Å². The fraction of sp³-hybridized carbons (Fsp3) is 0.348. The zero-order valence-corrected chi connectivity index (χ0v) is 16.6. The second-order valence-electron chi connectivity index (χ2n) is 7.52. The molecule has 0 atom stereocenters. The maximum atomic E-state index is 13.0. The molecule has 1 aliphatic carbocycles. The van der Waals surface area contributed by atoms with Gasteiger partial charge < -0.3 is 14.6 Å². The molecule has 1 fully saturated rings. The molecule has 0 bridgehead atoms. The first-order valence-corrected chi connectivity index (χ1v) is 10.0. The third-order valence-electron chi connectivity index (χ3n) is 5.60. The van der Waals surface area contributed by atoms with Gasteiger partial charge in [0.1, 0.15) is 11.6 Å². The van der Waals surface area contributed by atoms with Gasteiger partial charge in [0, 0.05) is 12.5 Å². The molecule has 0 radical (unpaired) electrons. The number of methoxy groups -OCH3 is 1. The molecule has 0 spiro atoms. The van der Waals surface area contributed by atoms with E-state index in [9.17, 15) is 9.59 Å². The second kappa shape index (κ2) is 8.47. The fourth-order valence-corrected chi connectivity index (χ4v) is 3.63. The molecular weight excluding hydrogens is 366 g/mol. The lowest BCUT2D eigenvalue weighted by Gasteiger charge is -2.31. The molecule has 6 heteroatoms. The van der Waals surface area contributed by atoms with Crippen LogP contribution in [0.3, 0.4) is 0 Å². The molecule has 150 valence electrons. The molecule has 1 heterocycles. The predicted octanol–water partition coefficient (Wildman–Crippen LogP) is 3.30. The van der Waals surface area contributed by atoms with Gasteiger partial charge in [0.05, 0.1) is 24.6 Å². The number of amides is 1. The number of nitrogens with one attached hydrogen (secondary N) is 1. The summed E-state index contributed by atoms with van der Waals surface area (Å²) in [5.41, 5.74) is 1.62. The summed E-state index contributed by atoms with van der Waals surface area (Å²) in [6, 6.07) is 15.1. The van der Waals surface area contributed by atoms with Crippen molar-refractivity contribution in [2.45, 2.75) is 32.2 Å². The topological polar surface area (TPSA) is 75.3 Å². The Morgan fingerprint density at radius 1 is 1.17 bits per heavy atom. The molecule has 2 aromatic carbocycles. The molecule has 3 aromatic rings. The number of carbonyl (C=O) groups is 1. The first kappa shape index (κ1) is 19.2. The lowest BCUT2D eigenvalue weighted by Crippen LogP contribution is -2.40. The molecule has 1 aromatic heterocycles. The van der Waals surface area contributed by atoms with E-state index in [0.717, 1.165) is 37.0 Å². The van der Waals surface area contributed by atoms with E-state index in [1.165, 1.54) is 0 Å². The highest BCUT2D eigenvalue weighted by atomic mass is 16.5. The second-order valence-corrected chi connectivity index (χ2v) is 7.52. The summed E-state index contributed by atoms with van der Waals surface area (Å²) >= 11 is 0. The Kier molecular flexibility index (Phi) is 5.60. The van der Waals surface area contributed by atoms with Gasteiger partial charge >= 0.3 is 0 Å². The van der Waals surface area contributed by atoms with Crippen molar-refractivity contribution in [1.29, 1.82) is 0 Å².